The Morgan fingerprint density at radius 1 is 0.290 bits per heavy atom. The molecule has 2 unspecified atom stereocenters. The molecule has 0 spiro atoms. The average Bonchev–Trinajstić information content (AvgIpc) is 1.58. The molecule has 0 amide bonds. The minimum absolute atomic E-state index is 0.112. The summed E-state index contributed by atoms with van der Waals surface area (Å²) in [6, 6.07) is 161. The molecule has 5 aromatic heterocycles. The summed E-state index contributed by atoms with van der Waals surface area (Å²) >= 11 is 0. The van der Waals surface area contributed by atoms with Gasteiger partial charge in [-0.15, -0.1) is 0 Å². The Morgan fingerprint density at radius 2 is 0.766 bits per heavy atom. The van der Waals surface area contributed by atoms with Crippen LogP contribution in [0.4, 0.5) is 0 Å². The SMILES string of the molecule is CC1(C)c2ccccc2-c2ccc(-c3nc(-c4ccccc4)nc(-c4cccc(-c5ccc6ccc7oc8ccccc8c7c6c5)c4)n3)cc21.N=C(N=C(N=Cc1ccccc1)c1ccc2c(c1)oc1ccccc12)c1cccc(-c2cccc3ccc4oc5ccccc5c4c23)c1.c1ccc(C2=NC(c3cccc(-c4ccc5c(ccc6oc7ccccc7c65)c4)c3)NC(c3ccc(-c4ccccc4)cc3)N2)cc1. The van der Waals surface area contributed by atoms with Crippen molar-refractivity contribution in [3.63, 3.8) is 0 Å². The molecule has 1 aliphatic heterocycles. The molecule has 3 N–H and O–H groups in total. The van der Waals surface area contributed by atoms with E-state index in [2.05, 4.69) is 328 Å². The highest BCUT2D eigenvalue weighted by Gasteiger charge is 2.36. The number of para-hydroxylation sites is 4. The second-order valence-corrected chi connectivity index (χ2v) is 37.5. The molecule has 13 heteroatoms. The molecular formula is C132H89N9O4. The van der Waals surface area contributed by atoms with E-state index in [-0.39, 0.29) is 23.6 Å². The van der Waals surface area contributed by atoms with Gasteiger partial charge in [0.1, 0.15) is 62.8 Å². The molecule has 145 heavy (non-hydrogen) atoms. The van der Waals surface area contributed by atoms with E-state index in [9.17, 15) is 5.41 Å². The number of benzene rings is 21. The first-order valence-electron chi connectivity index (χ1n) is 48.9. The van der Waals surface area contributed by atoms with Crippen LogP contribution in [0.1, 0.15) is 70.7 Å². The van der Waals surface area contributed by atoms with Crippen molar-refractivity contribution >= 4 is 144 Å². The normalized spacial score (nSPS) is 13.9. The quantitative estimate of drug-likeness (QED) is 0.0749. The van der Waals surface area contributed by atoms with Gasteiger partial charge in [-0.1, -0.05) is 390 Å². The molecule has 6 heterocycles. The van der Waals surface area contributed by atoms with E-state index in [1.165, 1.54) is 65.9 Å². The molecule has 0 bridgehead atoms. The van der Waals surface area contributed by atoms with Crippen molar-refractivity contribution in [1.29, 1.82) is 5.41 Å². The van der Waals surface area contributed by atoms with Crippen LogP contribution in [0.3, 0.4) is 0 Å². The third-order valence-corrected chi connectivity index (χ3v) is 28.3. The van der Waals surface area contributed by atoms with Gasteiger partial charge in [0.2, 0.25) is 0 Å². The molecule has 0 saturated carbocycles. The largest absolute Gasteiger partial charge is 0.456 e. The second kappa shape index (κ2) is 36.4. The number of nitrogens with zero attached hydrogens (tertiary/aromatic N) is 6. The van der Waals surface area contributed by atoms with Crippen LogP contribution in [0, 0.1) is 5.41 Å². The Kier molecular flexibility index (Phi) is 21.7. The average molecular weight is 1870 g/mol. The summed E-state index contributed by atoms with van der Waals surface area (Å²) in [5, 5.41) is 32.5. The molecule has 13 nitrogen and oxygen atoms in total. The molecule has 28 rings (SSSR count). The van der Waals surface area contributed by atoms with Gasteiger partial charge in [0.15, 0.2) is 29.1 Å². The van der Waals surface area contributed by atoms with E-state index >= 15 is 0 Å². The number of fused-ring (bicyclic) bond motifs is 21. The summed E-state index contributed by atoms with van der Waals surface area (Å²) in [5.74, 6) is 3.36. The summed E-state index contributed by atoms with van der Waals surface area (Å²) in [6.07, 6.45) is 1.43. The van der Waals surface area contributed by atoms with Crippen molar-refractivity contribution in [2.45, 2.75) is 31.6 Å². The fraction of sp³-hybridized carbons (Fsp3) is 0.0379. The predicted octanol–water partition coefficient (Wildman–Crippen LogP) is 33.5. The monoisotopic (exact) mass is 1860 g/mol. The number of aliphatic imine (C=N–C) groups is 3. The number of rotatable bonds is 13. The van der Waals surface area contributed by atoms with E-state index in [0.29, 0.717) is 28.9 Å². The predicted molar refractivity (Wildman–Crippen MR) is 595 cm³/mol. The second-order valence-electron chi connectivity index (χ2n) is 37.5. The van der Waals surface area contributed by atoms with Crippen molar-refractivity contribution in [2.24, 2.45) is 15.0 Å². The van der Waals surface area contributed by atoms with Gasteiger partial charge in [-0.3, -0.25) is 10.7 Å². The molecule has 1 aliphatic carbocycles. The Labute approximate surface area is 834 Å². The summed E-state index contributed by atoms with van der Waals surface area (Å²) in [7, 11) is 0. The van der Waals surface area contributed by atoms with Gasteiger partial charge in [0.25, 0.3) is 0 Å². The Morgan fingerprint density at radius 3 is 1.48 bits per heavy atom. The zero-order chi connectivity index (χ0) is 96.6. The zero-order valence-electron chi connectivity index (χ0n) is 79.0. The first-order valence-corrected chi connectivity index (χ1v) is 48.9. The molecule has 21 aromatic carbocycles. The van der Waals surface area contributed by atoms with Crippen LogP contribution < -0.4 is 10.6 Å². The molecule has 26 aromatic rings. The van der Waals surface area contributed by atoms with Crippen molar-refractivity contribution in [1.82, 2.24) is 25.6 Å². The molecule has 686 valence electrons. The van der Waals surface area contributed by atoms with E-state index in [1.54, 1.807) is 6.21 Å². The van der Waals surface area contributed by atoms with Gasteiger partial charge in [0, 0.05) is 93.5 Å². The van der Waals surface area contributed by atoms with Crippen molar-refractivity contribution in [3.05, 3.63) is 512 Å². The maximum Gasteiger partial charge on any atom is 0.164 e. The highest BCUT2D eigenvalue weighted by Crippen LogP contribution is 2.51. The maximum absolute atomic E-state index is 9.18. The van der Waals surface area contributed by atoms with Crippen molar-refractivity contribution in [3.8, 4) is 89.8 Å². The van der Waals surface area contributed by atoms with Crippen LogP contribution in [0.25, 0.3) is 210 Å². The van der Waals surface area contributed by atoms with E-state index in [1.807, 2.05) is 164 Å². The number of nitrogens with one attached hydrogen (secondary N) is 3. The molecule has 0 radical (unpaired) electrons. The van der Waals surface area contributed by atoms with Crippen LogP contribution in [-0.4, -0.2) is 38.7 Å². The van der Waals surface area contributed by atoms with Gasteiger partial charge in [-0.25, -0.2) is 29.9 Å². The Hall–Kier alpha value is -19.0. The standard InChI is InChI=1S/C46H31N3O.C43H27N3O2.C43H31N3O/c1-46(2)38-17-8-6-15-34(38)35-23-21-33(27-39(35)46)45-48-43(29-11-4-3-5-12-29)47-44(49-45)32-14-10-13-30(25-32)31-20-19-28-22-24-41-42(37(28)26-31)36-16-7-9-18-40(36)50-41;44-42(46-43(45-26-27-10-2-1-3-11-27)31-20-22-34-33-15-4-6-18-36(33)48-39(34)25-31)30-14-8-13-29(24-30)32-17-9-12-28-21-23-38-41(40(28)32)35-16-5-7-19-37(35)47-38;1-3-10-28(11-4-1)29-18-20-31(21-19-29)42-44-41(30-12-5-2-6-13-30)45-43(46-42)35-15-9-14-32(27-35)33-22-24-36-34(26-33)23-25-39-40(36)37-16-7-8-17-38(37)47-39/h3-27H,1-2H3;1-26,44H;1-27,42-43,46H,(H,44,45). The third-order valence-electron chi connectivity index (χ3n) is 28.3. The number of amidine groups is 3. The molecular weight excluding hydrogens is 1780 g/mol. The lowest BCUT2D eigenvalue weighted by Crippen LogP contribution is -2.44. The van der Waals surface area contributed by atoms with E-state index < -0.39 is 0 Å². The van der Waals surface area contributed by atoms with Crippen LogP contribution in [0.2, 0.25) is 0 Å². The highest BCUT2D eigenvalue weighted by molar-refractivity contribution is 6.25. The molecule has 0 fully saturated rings. The molecule has 2 aliphatic rings. The van der Waals surface area contributed by atoms with Gasteiger partial charge in [-0.05, 0) is 201 Å². The Balaban J connectivity index is 0.000000111. The van der Waals surface area contributed by atoms with Gasteiger partial charge in [-0.2, -0.15) is 0 Å². The van der Waals surface area contributed by atoms with Gasteiger partial charge >= 0.3 is 0 Å². The number of hydrogen-bond acceptors (Lipinski definition) is 11. The first-order chi connectivity index (χ1) is 71.5. The van der Waals surface area contributed by atoms with Crippen LogP contribution in [-0.2, 0) is 5.41 Å². The highest BCUT2D eigenvalue weighted by atomic mass is 16.3. The molecule has 2 atom stereocenters. The third kappa shape index (κ3) is 16.2. The molecule has 0 saturated heterocycles. The van der Waals surface area contributed by atoms with Gasteiger partial charge in [0.05, 0.1) is 0 Å². The van der Waals surface area contributed by atoms with Crippen molar-refractivity contribution in [2.75, 3.05) is 0 Å². The van der Waals surface area contributed by atoms with Crippen LogP contribution >= 0.6 is 0 Å². The lowest BCUT2D eigenvalue weighted by Gasteiger charge is -2.32. The number of hydrogen-bond donors (Lipinski definition) is 3. The van der Waals surface area contributed by atoms with E-state index in [4.69, 9.17) is 47.6 Å². The van der Waals surface area contributed by atoms with Crippen LogP contribution in [0.5, 0.6) is 0 Å². The zero-order valence-corrected chi connectivity index (χ0v) is 79.0. The van der Waals surface area contributed by atoms with E-state index in [0.717, 1.165) is 171 Å². The summed E-state index contributed by atoms with van der Waals surface area (Å²) in [6.45, 7) is 4.60. The van der Waals surface area contributed by atoms with Crippen molar-refractivity contribution < 1.29 is 17.7 Å². The van der Waals surface area contributed by atoms with Gasteiger partial charge < -0.3 is 23.0 Å². The lowest BCUT2D eigenvalue weighted by molar-refractivity contribution is 0.409. The number of furan rings is 4. The minimum Gasteiger partial charge on any atom is -0.456 e. The maximum atomic E-state index is 9.18. The summed E-state index contributed by atoms with van der Waals surface area (Å²) < 4.78 is 24.8. The smallest absolute Gasteiger partial charge is 0.164 e. The summed E-state index contributed by atoms with van der Waals surface area (Å²) in [5.41, 5.74) is 29.6. The number of aromatic nitrogens is 3. The first kappa shape index (κ1) is 86.4. The fourth-order valence-electron chi connectivity index (χ4n) is 21.1. The van der Waals surface area contributed by atoms with Crippen LogP contribution in [0.15, 0.2) is 500 Å². The Bertz CT molecular complexity index is 9720. The lowest BCUT2D eigenvalue weighted by atomic mass is 9.82. The fourth-order valence-corrected chi connectivity index (χ4v) is 21.1. The summed E-state index contributed by atoms with van der Waals surface area (Å²) in [4.78, 5) is 30.1. The minimum atomic E-state index is -0.234. The topological polar surface area (TPSA) is 176 Å².